The lowest BCUT2D eigenvalue weighted by molar-refractivity contribution is -0.907. The first-order valence-corrected chi connectivity index (χ1v) is 11.1. The maximum Gasteiger partial charge on any atom is 0.295 e. The maximum absolute atomic E-state index is 13.1. The van der Waals surface area contributed by atoms with Crippen molar-refractivity contribution in [2.45, 2.75) is 6.04 Å². The Morgan fingerprint density at radius 1 is 1.18 bits per heavy atom. The highest BCUT2D eigenvalue weighted by atomic mass is 35.5. The Hall–Kier alpha value is -3.07. The lowest BCUT2D eigenvalue weighted by Gasteiger charge is -2.29. The van der Waals surface area contributed by atoms with Gasteiger partial charge in [0.2, 0.25) is 0 Å². The number of amides is 1. The summed E-state index contributed by atoms with van der Waals surface area (Å²) < 4.78 is 10.6. The molecule has 8 nitrogen and oxygen atoms in total. The summed E-state index contributed by atoms with van der Waals surface area (Å²) in [6.45, 7) is 3.93. The molecule has 2 aromatic carbocycles. The molecule has 1 amide bonds. The van der Waals surface area contributed by atoms with Gasteiger partial charge in [-0.1, -0.05) is 17.7 Å². The van der Waals surface area contributed by atoms with E-state index >= 15 is 0 Å². The highest BCUT2D eigenvalue weighted by molar-refractivity contribution is 6.46. The minimum atomic E-state index is -0.824. The number of rotatable bonds is 6. The zero-order valence-electron chi connectivity index (χ0n) is 18.2. The fraction of sp³-hybridized carbons (Fsp3) is 0.333. The van der Waals surface area contributed by atoms with E-state index in [-0.39, 0.29) is 22.8 Å². The number of aliphatic hydroxyl groups is 1. The summed E-state index contributed by atoms with van der Waals surface area (Å²) in [6.07, 6.45) is 0. The van der Waals surface area contributed by atoms with Crippen LogP contribution >= 0.6 is 11.6 Å². The number of hydrogen-bond donors (Lipinski definition) is 3. The van der Waals surface area contributed by atoms with E-state index < -0.39 is 17.7 Å². The molecule has 0 radical (unpaired) electrons. The molecular weight excluding hydrogens is 448 g/mol. The average Bonchev–Trinajstić information content (AvgIpc) is 3.08. The third-order valence-electron chi connectivity index (χ3n) is 6.08. The lowest BCUT2D eigenvalue weighted by Crippen LogP contribution is -3.14. The Kier molecular flexibility index (Phi) is 6.88. The second-order valence-electron chi connectivity index (χ2n) is 8.04. The molecule has 174 valence electrons. The quantitative estimate of drug-likeness (QED) is 0.333. The number of halogens is 1. The number of phenolic OH excluding ortho intramolecular Hbond substituents is 1. The second kappa shape index (κ2) is 9.82. The van der Waals surface area contributed by atoms with Crippen molar-refractivity contribution in [1.82, 2.24) is 4.90 Å². The van der Waals surface area contributed by atoms with Crippen molar-refractivity contribution in [3.8, 4) is 11.5 Å². The molecule has 4 rings (SSSR count). The first-order chi connectivity index (χ1) is 15.9. The molecule has 0 unspecified atom stereocenters. The van der Waals surface area contributed by atoms with Crippen molar-refractivity contribution < 1.29 is 34.2 Å². The van der Waals surface area contributed by atoms with Crippen LogP contribution in [0.3, 0.4) is 0 Å². The molecular formula is C24H26ClN2O6+. The Labute approximate surface area is 196 Å². The lowest BCUT2D eigenvalue weighted by atomic mass is 9.95. The SMILES string of the molecule is COc1cc([C@H]2C(=C(O)c3ccc(Cl)cc3)C(=O)C(=O)N2CC[NH+]2CCOCC2)ccc1O. The van der Waals surface area contributed by atoms with Gasteiger partial charge in [-0.2, -0.15) is 0 Å². The largest absolute Gasteiger partial charge is 0.507 e. The number of quaternary nitrogens is 1. The molecule has 33 heavy (non-hydrogen) atoms. The van der Waals surface area contributed by atoms with E-state index in [1.54, 1.807) is 36.4 Å². The molecule has 2 aliphatic rings. The molecule has 0 aliphatic carbocycles. The third-order valence-corrected chi connectivity index (χ3v) is 6.34. The van der Waals surface area contributed by atoms with E-state index in [4.69, 9.17) is 21.1 Å². The summed E-state index contributed by atoms with van der Waals surface area (Å²) in [5.41, 5.74) is 0.926. The number of carbonyl (C=O) groups excluding carboxylic acids is 2. The molecule has 2 saturated heterocycles. The summed E-state index contributed by atoms with van der Waals surface area (Å²) in [5, 5.41) is 21.6. The van der Waals surface area contributed by atoms with Crippen LogP contribution in [0.2, 0.25) is 5.02 Å². The number of aromatic hydroxyl groups is 1. The second-order valence-corrected chi connectivity index (χ2v) is 8.48. The van der Waals surface area contributed by atoms with Crippen LogP contribution in [0.1, 0.15) is 17.2 Å². The average molecular weight is 474 g/mol. The molecule has 2 heterocycles. The van der Waals surface area contributed by atoms with Crippen molar-refractivity contribution in [1.29, 1.82) is 0 Å². The van der Waals surface area contributed by atoms with Crippen LogP contribution in [0, 0.1) is 0 Å². The van der Waals surface area contributed by atoms with Gasteiger partial charge in [-0.05, 0) is 42.0 Å². The Morgan fingerprint density at radius 2 is 1.88 bits per heavy atom. The summed E-state index contributed by atoms with van der Waals surface area (Å²) >= 11 is 5.96. The molecule has 3 N–H and O–H groups in total. The van der Waals surface area contributed by atoms with E-state index in [1.165, 1.54) is 23.0 Å². The third kappa shape index (κ3) is 4.68. The van der Waals surface area contributed by atoms with Crippen LogP contribution in [-0.4, -0.2) is 73.3 Å². The van der Waals surface area contributed by atoms with E-state index in [9.17, 15) is 19.8 Å². The monoisotopic (exact) mass is 473 g/mol. The molecule has 0 aromatic heterocycles. The number of nitrogens with zero attached hydrogens (tertiary/aromatic N) is 1. The molecule has 2 aliphatic heterocycles. The number of ether oxygens (including phenoxy) is 2. The van der Waals surface area contributed by atoms with Gasteiger partial charge in [0.1, 0.15) is 18.8 Å². The number of benzene rings is 2. The normalized spacial score (nSPS) is 20.9. The highest BCUT2D eigenvalue weighted by Gasteiger charge is 2.46. The Morgan fingerprint density at radius 3 is 2.55 bits per heavy atom. The number of nitrogens with one attached hydrogen (secondary N) is 1. The molecule has 0 bridgehead atoms. The van der Waals surface area contributed by atoms with Crippen LogP contribution in [0.5, 0.6) is 11.5 Å². The van der Waals surface area contributed by atoms with Gasteiger partial charge in [-0.15, -0.1) is 0 Å². The molecule has 9 heteroatoms. The van der Waals surface area contributed by atoms with Crippen molar-refractivity contribution in [3.05, 3.63) is 64.2 Å². The maximum atomic E-state index is 13.1. The summed E-state index contributed by atoms with van der Waals surface area (Å²) in [6, 6.07) is 10.2. The predicted molar refractivity (Wildman–Crippen MR) is 122 cm³/mol. The number of ketones is 1. The fourth-order valence-corrected chi connectivity index (χ4v) is 4.40. The highest BCUT2D eigenvalue weighted by Crippen LogP contribution is 2.41. The smallest absolute Gasteiger partial charge is 0.295 e. The minimum absolute atomic E-state index is 0.00737. The van der Waals surface area contributed by atoms with Crippen molar-refractivity contribution in [3.63, 3.8) is 0 Å². The first kappa shape index (κ1) is 23.1. The summed E-state index contributed by atoms with van der Waals surface area (Å²) in [7, 11) is 1.42. The van der Waals surface area contributed by atoms with Crippen molar-refractivity contribution in [2.75, 3.05) is 46.5 Å². The van der Waals surface area contributed by atoms with Gasteiger partial charge in [0.25, 0.3) is 11.7 Å². The number of methoxy groups -OCH3 is 1. The summed E-state index contributed by atoms with van der Waals surface area (Å²) in [4.78, 5) is 29.0. The van der Waals surface area contributed by atoms with Crippen molar-refractivity contribution >= 4 is 29.1 Å². The Bertz CT molecular complexity index is 1080. The number of phenols is 1. The van der Waals surface area contributed by atoms with Crippen LogP contribution in [0.15, 0.2) is 48.0 Å². The summed E-state index contributed by atoms with van der Waals surface area (Å²) in [5.74, 6) is -1.55. The van der Waals surface area contributed by atoms with Crippen LogP contribution in [0.4, 0.5) is 0 Å². The Balaban J connectivity index is 1.76. The van der Waals surface area contributed by atoms with Crippen LogP contribution in [-0.2, 0) is 14.3 Å². The van der Waals surface area contributed by atoms with Gasteiger partial charge >= 0.3 is 0 Å². The zero-order valence-corrected chi connectivity index (χ0v) is 19.0. The van der Waals surface area contributed by atoms with Gasteiger partial charge in [-0.25, -0.2) is 0 Å². The standard InChI is InChI=1S/C24H25ClN2O6/c1-32-19-14-16(4-7-18(19)28)21-20(22(29)15-2-5-17(25)6-3-15)23(30)24(31)27(21)9-8-26-10-12-33-13-11-26/h2-7,14,21,28-29H,8-13H2,1H3/p+1/t21-/m0/s1. The van der Waals surface area contributed by atoms with E-state index in [1.807, 2.05) is 0 Å². The van der Waals surface area contributed by atoms with Gasteiger partial charge < -0.3 is 29.5 Å². The number of likely N-dealkylation sites (tertiary alicyclic amines) is 1. The van der Waals surface area contributed by atoms with E-state index in [0.29, 0.717) is 42.5 Å². The topological polar surface area (TPSA) is 101 Å². The van der Waals surface area contributed by atoms with Gasteiger partial charge in [0.05, 0.1) is 45.0 Å². The molecule has 2 fully saturated rings. The van der Waals surface area contributed by atoms with E-state index in [0.717, 1.165) is 13.1 Å². The number of Topliss-reactive ketones (excluding diaryl/α,β-unsaturated/α-hetero) is 1. The number of aliphatic hydroxyl groups excluding tert-OH is 1. The zero-order chi connectivity index (χ0) is 23.5. The first-order valence-electron chi connectivity index (χ1n) is 10.7. The number of morpholine rings is 1. The molecule has 0 saturated carbocycles. The molecule has 2 aromatic rings. The molecule has 1 atom stereocenters. The van der Waals surface area contributed by atoms with E-state index in [2.05, 4.69) is 0 Å². The van der Waals surface area contributed by atoms with Crippen LogP contribution in [0.25, 0.3) is 5.76 Å². The minimum Gasteiger partial charge on any atom is -0.507 e. The van der Waals surface area contributed by atoms with Gasteiger partial charge in [0, 0.05) is 10.6 Å². The number of hydrogen-bond acceptors (Lipinski definition) is 6. The number of carbonyl (C=O) groups is 2. The fourth-order valence-electron chi connectivity index (χ4n) is 4.27. The van der Waals surface area contributed by atoms with Crippen molar-refractivity contribution in [2.24, 2.45) is 0 Å². The molecule has 0 spiro atoms. The van der Waals surface area contributed by atoms with Crippen LogP contribution < -0.4 is 9.64 Å². The van der Waals surface area contributed by atoms with Gasteiger partial charge in [0.15, 0.2) is 11.5 Å². The predicted octanol–water partition coefficient (Wildman–Crippen LogP) is 1.39. The van der Waals surface area contributed by atoms with Gasteiger partial charge in [-0.3, -0.25) is 9.59 Å².